The molecule has 1 amide bonds. The van der Waals surface area contributed by atoms with E-state index in [9.17, 15) is 4.79 Å². The second-order valence-corrected chi connectivity index (χ2v) is 6.59. The third kappa shape index (κ3) is 4.84. The summed E-state index contributed by atoms with van der Waals surface area (Å²) >= 11 is 0. The molecule has 3 rings (SSSR count). The first-order chi connectivity index (χ1) is 12.2. The van der Waals surface area contributed by atoms with Crippen LogP contribution in [0.4, 0.5) is 0 Å². The minimum atomic E-state index is -0.0852. The number of hydrogen-bond donors (Lipinski definition) is 1. The summed E-state index contributed by atoms with van der Waals surface area (Å²) in [7, 11) is 1.66. The Morgan fingerprint density at radius 3 is 2.68 bits per heavy atom. The molecular formula is C21H22N2O2. The standard InChI is InChI=1S/C21H22N2O2/c1-25-20-4-2-3-17(13-20)12-19(11-15-5-6-15)23-21(24)18-9-7-16(14-22)8-10-18/h2-4,7-10,13,15,19H,5-6,11-12H2,1H3,(H,23,24)/t19-/m0/s1. The number of nitriles is 1. The molecule has 0 saturated heterocycles. The maximum absolute atomic E-state index is 12.6. The second kappa shape index (κ2) is 7.85. The number of carbonyl (C=O) groups is 1. The third-order valence-corrected chi connectivity index (χ3v) is 4.54. The number of amides is 1. The van der Waals surface area contributed by atoms with Crippen LogP contribution in [0.15, 0.2) is 48.5 Å². The van der Waals surface area contributed by atoms with Gasteiger partial charge in [-0.25, -0.2) is 0 Å². The van der Waals surface area contributed by atoms with Crippen molar-refractivity contribution in [2.45, 2.75) is 31.7 Å². The first-order valence-corrected chi connectivity index (χ1v) is 8.62. The fraction of sp³-hybridized carbons (Fsp3) is 0.333. The SMILES string of the molecule is COc1cccc(C[C@H](CC2CC2)NC(=O)c2ccc(C#N)cc2)c1. The molecule has 2 aromatic rings. The number of methoxy groups -OCH3 is 1. The molecule has 4 heteroatoms. The van der Waals surface area contributed by atoms with Gasteiger partial charge in [-0.2, -0.15) is 5.26 Å². The van der Waals surface area contributed by atoms with Crippen LogP contribution in [0.5, 0.6) is 5.75 Å². The largest absolute Gasteiger partial charge is 0.497 e. The van der Waals surface area contributed by atoms with E-state index in [-0.39, 0.29) is 11.9 Å². The maximum atomic E-state index is 12.6. The lowest BCUT2D eigenvalue weighted by molar-refractivity contribution is 0.0933. The fourth-order valence-corrected chi connectivity index (χ4v) is 3.00. The summed E-state index contributed by atoms with van der Waals surface area (Å²) in [4.78, 5) is 12.6. The van der Waals surface area contributed by atoms with Crippen molar-refractivity contribution in [2.75, 3.05) is 7.11 Å². The Morgan fingerprint density at radius 2 is 2.04 bits per heavy atom. The van der Waals surface area contributed by atoms with Crippen LogP contribution in [0.3, 0.4) is 0 Å². The highest BCUT2D eigenvalue weighted by Gasteiger charge is 2.26. The summed E-state index contributed by atoms with van der Waals surface area (Å²) in [5, 5.41) is 12.0. The topological polar surface area (TPSA) is 62.1 Å². The van der Waals surface area contributed by atoms with Crippen molar-refractivity contribution in [1.29, 1.82) is 5.26 Å². The van der Waals surface area contributed by atoms with E-state index >= 15 is 0 Å². The van der Waals surface area contributed by atoms with E-state index in [4.69, 9.17) is 10.00 Å². The molecule has 0 spiro atoms. The van der Waals surface area contributed by atoms with Gasteiger partial charge in [-0.1, -0.05) is 25.0 Å². The Hall–Kier alpha value is -2.80. The zero-order chi connectivity index (χ0) is 17.6. The molecule has 1 atom stereocenters. The lowest BCUT2D eigenvalue weighted by Crippen LogP contribution is -2.36. The zero-order valence-corrected chi connectivity index (χ0v) is 14.4. The van der Waals surface area contributed by atoms with E-state index in [1.165, 1.54) is 12.8 Å². The van der Waals surface area contributed by atoms with E-state index in [1.54, 1.807) is 31.4 Å². The van der Waals surface area contributed by atoms with Crippen molar-refractivity contribution in [3.05, 3.63) is 65.2 Å². The van der Waals surface area contributed by atoms with Gasteiger partial charge in [-0.3, -0.25) is 4.79 Å². The van der Waals surface area contributed by atoms with Gasteiger partial charge in [0.15, 0.2) is 0 Å². The van der Waals surface area contributed by atoms with Gasteiger partial charge < -0.3 is 10.1 Å². The minimum Gasteiger partial charge on any atom is -0.497 e. The van der Waals surface area contributed by atoms with Crippen molar-refractivity contribution < 1.29 is 9.53 Å². The van der Waals surface area contributed by atoms with Gasteiger partial charge in [-0.05, 0) is 60.7 Å². The van der Waals surface area contributed by atoms with Crippen LogP contribution in [0.2, 0.25) is 0 Å². The summed E-state index contributed by atoms with van der Waals surface area (Å²) in [5.74, 6) is 1.47. The third-order valence-electron chi connectivity index (χ3n) is 4.54. The van der Waals surface area contributed by atoms with E-state index < -0.39 is 0 Å². The number of benzene rings is 2. The fourth-order valence-electron chi connectivity index (χ4n) is 3.00. The molecule has 0 bridgehead atoms. The lowest BCUT2D eigenvalue weighted by Gasteiger charge is -2.19. The first-order valence-electron chi connectivity index (χ1n) is 8.62. The average Bonchev–Trinajstić information content (AvgIpc) is 3.45. The van der Waals surface area contributed by atoms with Crippen LogP contribution in [-0.2, 0) is 6.42 Å². The highest BCUT2D eigenvalue weighted by atomic mass is 16.5. The molecule has 1 N–H and O–H groups in total. The predicted octanol–water partition coefficient (Wildman–Crippen LogP) is 3.71. The molecule has 0 radical (unpaired) electrons. The van der Waals surface area contributed by atoms with Gasteiger partial charge in [-0.15, -0.1) is 0 Å². The summed E-state index contributed by atoms with van der Waals surface area (Å²) < 4.78 is 5.29. The molecule has 0 unspecified atom stereocenters. The summed E-state index contributed by atoms with van der Waals surface area (Å²) in [6, 6.07) is 16.9. The molecule has 25 heavy (non-hydrogen) atoms. The van der Waals surface area contributed by atoms with Crippen LogP contribution in [0.25, 0.3) is 0 Å². The molecule has 1 fully saturated rings. The first kappa shape index (κ1) is 17.0. The molecule has 2 aromatic carbocycles. The molecule has 1 aliphatic rings. The number of rotatable bonds is 7. The van der Waals surface area contributed by atoms with Gasteiger partial charge in [0, 0.05) is 11.6 Å². The van der Waals surface area contributed by atoms with Crippen molar-refractivity contribution in [3.63, 3.8) is 0 Å². The smallest absolute Gasteiger partial charge is 0.251 e. The molecule has 4 nitrogen and oxygen atoms in total. The van der Waals surface area contributed by atoms with Crippen LogP contribution >= 0.6 is 0 Å². The Labute approximate surface area is 148 Å². The Morgan fingerprint density at radius 1 is 1.28 bits per heavy atom. The average molecular weight is 334 g/mol. The van der Waals surface area contributed by atoms with Crippen molar-refractivity contribution in [2.24, 2.45) is 5.92 Å². The number of nitrogens with one attached hydrogen (secondary N) is 1. The Bertz CT molecular complexity index is 773. The van der Waals surface area contributed by atoms with Gasteiger partial charge >= 0.3 is 0 Å². The molecule has 0 aromatic heterocycles. The van der Waals surface area contributed by atoms with Gasteiger partial charge in [0.1, 0.15) is 5.75 Å². The monoisotopic (exact) mass is 334 g/mol. The molecule has 1 saturated carbocycles. The highest BCUT2D eigenvalue weighted by molar-refractivity contribution is 5.94. The maximum Gasteiger partial charge on any atom is 0.251 e. The van der Waals surface area contributed by atoms with Crippen LogP contribution < -0.4 is 10.1 Å². The van der Waals surface area contributed by atoms with E-state index in [0.29, 0.717) is 11.1 Å². The molecule has 128 valence electrons. The van der Waals surface area contributed by atoms with E-state index in [2.05, 4.69) is 17.5 Å². The number of hydrogen-bond acceptors (Lipinski definition) is 3. The van der Waals surface area contributed by atoms with Crippen molar-refractivity contribution in [1.82, 2.24) is 5.32 Å². The number of ether oxygens (including phenoxy) is 1. The van der Waals surface area contributed by atoms with E-state index in [0.717, 1.165) is 30.1 Å². The predicted molar refractivity (Wildman–Crippen MR) is 96.5 cm³/mol. The van der Waals surface area contributed by atoms with Crippen LogP contribution in [-0.4, -0.2) is 19.1 Å². The summed E-state index contributed by atoms with van der Waals surface area (Å²) in [6.45, 7) is 0. The van der Waals surface area contributed by atoms with Crippen LogP contribution in [0.1, 0.15) is 40.7 Å². The summed E-state index contributed by atoms with van der Waals surface area (Å²) in [6.07, 6.45) is 4.29. The molecule has 0 heterocycles. The quantitative estimate of drug-likeness (QED) is 0.839. The van der Waals surface area contributed by atoms with Gasteiger partial charge in [0.2, 0.25) is 0 Å². The number of nitrogens with zero attached hydrogens (tertiary/aromatic N) is 1. The molecular weight excluding hydrogens is 312 g/mol. The normalized spacial score (nSPS) is 14.4. The number of carbonyl (C=O) groups excluding carboxylic acids is 1. The van der Waals surface area contributed by atoms with E-state index in [1.807, 2.05) is 18.2 Å². The van der Waals surface area contributed by atoms with Gasteiger partial charge in [0.25, 0.3) is 5.91 Å². The van der Waals surface area contributed by atoms with Crippen molar-refractivity contribution >= 4 is 5.91 Å². The van der Waals surface area contributed by atoms with Crippen LogP contribution in [0, 0.1) is 17.2 Å². The Balaban J connectivity index is 1.69. The Kier molecular flexibility index (Phi) is 5.35. The highest BCUT2D eigenvalue weighted by Crippen LogP contribution is 2.34. The van der Waals surface area contributed by atoms with Crippen molar-refractivity contribution in [3.8, 4) is 11.8 Å². The zero-order valence-electron chi connectivity index (χ0n) is 14.4. The molecule has 0 aliphatic heterocycles. The van der Waals surface area contributed by atoms with Gasteiger partial charge in [0.05, 0.1) is 18.7 Å². The summed E-state index contributed by atoms with van der Waals surface area (Å²) in [5.41, 5.74) is 2.30. The molecule has 1 aliphatic carbocycles. The lowest BCUT2D eigenvalue weighted by atomic mass is 10.00. The minimum absolute atomic E-state index is 0.0852. The second-order valence-electron chi connectivity index (χ2n) is 6.59.